The van der Waals surface area contributed by atoms with Gasteiger partial charge in [0.05, 0.1) is 36.1 Å². The number of pyridine rings is 1. The van der Waals surface area contributed by atoms with E-state index in [0.29, 0.717) is 42.0 Å². The molecule has 0 aliphatic rings. The van der Waals surface area contributed by atoms with Gasteiger partial charge in [-0.25, -0.2) is 14.5 Å². The molecule has 13 heteroatoms. The maximum atomic E-state index is 13.1. The normalized spacial score (nSPS) is 16.2. The Morgan fingerprint density at radius 2 is 1.67 bits per heavy atom. The van der Waals surface area contributed by atoms with Gasteiger partial charge in [0, 0.05) is 18.4 Å². The fourth-order valence-corrected chi connectivity index (χ4v) is 6.48. The molecule has 0 amide bonds. The molecule has 3 rings (SSSR count). The lowest BCUT2D eigenvalue weighted by atomic mass is 9.96. The molecule has 2 heterocycles. The third-order valence-corrected chi connectivity index (χ3v) is 9.60. The number of carbonyl (C=O) groups excluding carboxylic acids is 2. The number of benzene rings is 1. The molecule has 51 heavy (non-hydrogen) atoms. The molecule has 5 unspecified atom stereocenters. The van der Waals surface area contributed by atoms with E-state index in [4.69, 9.17) is 29.2 Å². The van der Waals surface area contributed by atoms with E-state index in [1.807, 2.05) is 42.7 Å². The Morgan fingerprint density at radius 3 is 2.35 bits per heavy atom. The van der Waals surface area contributed by atoms with Gasteiger partial charge in [-0.2, -0.15) is 0 Å². The van der Waals surface area contributed by atoms with E-state index in [1.54, 1.807) is 19.9 Å². The Kier molecular flexibility index (Phi) is 16.3. The minimum Gasteiger partial charge on any atom is -0.461 e. The molecule has 12 nitrogen and oxygen atoms in total. The summed E-state index contributed by atoms with van der Waals surface area (Å²) in [5, 5.41) is 0.854. The number of hydrogen-bond acceptors (Lipinski definition) is 10. The van der Waals surface area contributed by atoms with E-state index >= 15 is 0 Å². The number of aryl methyl sites for hydroxylation is 1. The number of imidazole rings is 1. The second-order valence-electron chi connectivity index (χ2n) is 13.9. The molecule has 0 radical (unpaired) electrons. The number of para-hydroxylation sites is 1. The molecular weight excluding hydrogens is 671 g/mol. The van der Waals surface area contributed by atoms with Crippen molar-refractivity contribution in [1.29, 1.82) is 0 Å². The van der Waals surface area contributed by atoms with E-state index in [2.05, 4.69) is 44.5 Å². The minimum atomic E-state index is -4.64. The standard InChI is InChI=1S/C38H57N4O8P/c1-9-11-16-33-41-34-35(31-14-12-13-15-32(31)40-36(34)39)42(33)19-20-48-51(45,46)49-24-30(50-38(44)29(8)21-26(5)10-2)23-47-37(43)28(7)22-27(6)18-17-25(3)4/h10,12-15,17-18,25-30H,2,9,11,16,19-24H2,1,3-8H3,(H2,39,40)(H,45,46)/b18-17-/t26?,27?,28?,29?,30-/m1/s1. The lowest BCUT2D eigenvalue weighted by Gasteiger charge is -2.23. The number of rotatable bonds is 22. The number of nitrogen functional groups attached to an aromatic ring is 1. The van der Waals surface area contributed by atoms with E-state index in [-0.39, 0.29) is 31.6 Å². The molecule has 3 aromatic rings. The predicted molar refractivity (Wildman–Crippen MR) is 201 cm³/mol. The maximum absolute atomic E-state index is 13.1. The van der Waals surface area contributed by atoms with Gasteiger partial charge in [-0.3, -0.25) is 18.6 Å². The van der Waals surface area contributed by atoms with Gasteiger partial charge in [0.25, 0.3) is 0 Å². The van der Waals surface area contributed by atoms with Crippen LogP contribution in [0.4, 0.5) is 5.82 Å². The minimum absolute atomic E-state index is 0.0690. The number of fused-ring (bicyclic) bond motifs is 3. The molecule has 3 N–H and O–H groups in total. The van der Waals surface area contributed by atoms with Crippen LogP contribution in [0.15, 0.2) is 49.1 Å². The van der Waals surface area contributed by atoms with Gasteiger partial charge in [0.15, 0.2) is 11.9 Å². The van der Waals surface area contributed by atoms with Crippen molar-refractivity contribution < 1.29 is 37.6 Å². The van der Waals surface area contributed by atoms with E-state index in [1.165, 1.54) is 0 Å². The van der Waals surface area contributed by atoms with Crippen LogP contribution in [0.5, 0.6) is 0 Å². The van der Waals surface area contributed by atoms with E-state index < -0.39 is 44.3 Å². The lowest BCUT2D eigenvalue weighted by Crippen LogP contribution is -2.33. The molecule has 0 bridgehead atoms. The van der Waals surface area contributed by atoms with Crippen molar-refractivity contribution in [2.24, 2.45) is 29.6 Å². The van der Waals surface area contributed by atoms with Crippen LogP contribution in [0.3, 0.4) is 0 Å². The number of carbonyl (C=O) groups is 2. The summed E-state index contributed by atoms with van der Waals surface area (Å²) in [5.41, 5.74) is 8.34. The van der Waals surface area contributed by atoms with Crippen molar-refractivity contribution in [3.8, 4) is 0 Å². The number of nitrogens with two attached hydrogens (primary N) is 1. The fourth-order valence-electron chi connectivity index (χ4n) is 5.74. The first-order valence-corrected chi connectivity index (χ1v) is 19.5. The molecule has 2 aromatic heterocycles. The molecule has 0 aliphatic heterocycles. The second-order valence-corrected chi connectivity index (χ2v) is 15.3. The monoisotopic (exact) mass is 728 g/mol. The average molecular weight is 729 g/mol. The quantitative estimate of drug-likeness (QED) is 0.0589. The zero-order valence-corrected chi connectivity index (χ0v) is 32.1. The SMILES string of the molecule is C=CC(C)CC(C)C(=O)O[C@H](COC(=O)C(C)CC(C)/C=C\C(C)C)COP(=O)(O)OCCn1c(CCCC)nc2c(N)nc3ccccc3c21. The van der Waals surface area contributed by atoms with Crippen molar-refractivity contribution in [2.45, 2.75) is 93.2 Å². The number of unbranched alkanes of at least 4 members (excludes halogenated alkanes) is 1. The first kappa shape index (κ1) is 41.8. The third kappa shape index (κ3) is 12.9. The zero-order chi connectivity index (χ0) is 37.7. The molecule has 0 aliphatic carbocycles. The second kappa shape index (κ2) is 19.9. The molecule has 1 aromatic carbocycles. The molecule has 282 valence electrons. The van der Waals surface area contributed by atoms with Crippen molar-refractivity contribution >= 4 is 47.5 Å². The predicted octanol–water partition coefficient (Wildman–Crippen LogP) is 7.82. The Balaban J connectivity index is 1.70. The summed E-state index contributed by atoms with van der Waals surface area (Å²) in [6, 6.07) is 7.59. The van der Waals surface area contributed by atoms with Gasteiger partial charge >= 0.3 is 19.8 Å². The average Bonchev–Trinajstić information content (AvgIpc) is 3.46. The number of hydrogen-bond donors (Lipinski definition) is 2. The third-order valence-electron chi connectivity index (χ3n) is 8.61. The fraction of sp³-hybridized carbons (Fsp3) is 0.579. The van der Waals surface area contributed by atoms with Crippen LogP contribution in [0, 0.1) is 29.6 Å². The Morgan fingerprint density at radius 1 is 0.980 bits per heavy atom. The molecule has 0 saturated carbocycles. The maximum Gasteiger partial charge on any atom is 0.472 e. The number of phosphoric acid groups is 1. The van der Waals surface area contributed by atoms with Gasteiger partial charge in [0.2, 0.25) is 0 Å². The molecular formula is C38H57N4O8P. The first-order valence-electron chi connectivity index (χ1n) is 18.0. The highest BCUT2D eigenvalue weighted by Gasteiger charge is 2.29. The number of esters is 2. The van der Waals surface area contributed by atoms with Crippen molar-refractivity contribution in [3.63, 3.8) is 0 Å². The first-order chi connectivity index (χ1) is 24.1. The number of ether oxygens (including phenoxy) is 2. The van der Waals surface area contributed by atoms with Crippen LogP contribution in [-0.4, -0.2) is 57.3 Å². The largest absolute Gasteiger partial charge is 0.472 e. The zero-order valence-electron chi connectivity index (χ0n) is 31.2. The van der Waals surface area contributed by atoms with Crippen LogP contribution in [0.2, 0.25) is 0 Å². The van der Waals surface area contributed by atoms with Crippen LogP contribution >= 0.6 is 7.82 Å². The summed E-state index contributed by atoms with van der Waals surface area (Å²) in [7, 11) is -4.64. The number of allylic oxidation sites excluding steroid dienone is 3. The van der Waals surface area contributed by atoms with Gasteiger partial charge in [-0.15, -0.1) is 6.58 Å². The molecule has 0 saturated heterocycles. The summed E-state index contributed by atoms with van der Waals surface area (Å²) in [4.78, 5) is 45.8. The van der Waals surface area contributed by atoms with Gasteiger partial charge in [-0.1, -0.05) is 91.3 Å². The molecule has 0 fully saturated rings. The number of phosphoric ester groups is 1. The van der Waals surface area contributed by atoms with Gasteiger partial charge in [0.1, 0.15) is 17.9 Å². The van der Waals surface area contributed by atoms with Crippen LogP contribution < -0.4 is 5.73 Å². The highest BCUT2D eigenvalue weighted by atomic mass is 31.2. The number of anilines is 1. The van der Waals surface area contributed by atoms with Crippen LogP contribution in [-0.2, 0) is 45.6 Å². The summed E-state index contributed by atoms with van der Waals surface area (Å²) in [5.74, 6) is -0.220. The van der Waals surface area contributed by atoms with E-state index in [9.17, 15) is 19.0 Å². The molecule has 6 atom stereocenters. The summed E-state index contributed by atoms with van der Waals surface area (Å²) >= 11 is 0. The van der Waals surface area contributed by atoms with Crippen LogP contribution in [0.25, 0.3) is 21.9 Å². The van der Waals surface area contributed by atoms with E-state index in [0.717, 1.165) is 29.6 Å². The smallest absolute Gasteiger partial charge is 0.461 e. The highest BCUT2D eigenvalue weighted by molar-refractivity contribution is 7.47. The topological polar surface area (TPSA) is 165 Å². The number of aromatic nitrogens is 3. The Bertz CT molecular complexity index is 1690. The highest BCUT2D eigenvalue weighted by Crippen LogP contribution is 2.43. The Hall–Kier alpha value is -3.57. The van der Waals surface area contributed by atoms with Gasteiger partial charge < -0.3 is 24.7 Å². The lowest BCUT2D eigenvalue weighted by molar-refractivity contribution is -0.166. The Labute approximate surface area is 302 Å². The van der Waals surface area contributed by atoms with Crippen molar-refractivity contribution in [1.82, 2.24) is 14.5 Å². The number of nitrogens with zero attached hydrogens (tertiary/aromatic N) is 3. The summed E-state index contributed by atoms with van der Waals surface area (Å²) < 4.78 is 36.9. The van der Waals surface area contributed by atoms with Crippen LogP contribution in [0.1, 0.15) is 80.0 Å². The van der Waals surface area contributed by atoms with Crippen molar-refractivity contribution in [3.05, 3.63) is 54.9 Å². The van der Waals surface area contributed by atoms with Gasteiger partial charge in [-0.05, 0) is 43.1 Å². The summed E-state index contributed by atoms with van der Waals surface area (Å²) in [6.45, 7) is 16.6. The summed E-state index contributed by atoms with van der Waals surface area (Å²) in [6.07, 6.45) is 8.37. The molecule has 0 spiro atoms. The van der Waals surface area contributed by atoms with Crippen molar-refractivity contribution in [2.75, 3.05) is 25.6 Å².